The molecule has 29 heteroatoms. The molecule has 540 valence electrons. The van der Waals surface area contributed by atoms with Gasteiger partial charge < -0.3 is 103 Å². The van der Waals surface area contributed by atoms with Gasteiger partial charge >= 0.3 is 62.5 Å². The molecule has 2 aliphatic carbocycles. The van der Waals surface area contributed by atoms with Crippen LogP contribution in [0.1, 0.15) is 153 Å². The van der Waals surface area contributed by atoms with Gasteiger partial charge in [0.1, 0.15) is 25.2 Å². The molecule has 6 aliphatic rings. The molecule has 2 radical (unpaired) electrons. The molecular formula is C62H118N8NaNi4O16+3. The molecule has 0 aromatic rings. The fourth-order valence-electron chi connectivity index (χ4n) is 9.54. The van der Waals surface area contributed by atoms with Crippen LogP contribution in [0, 0.1) is 17.8 Å². The summed E-state index contributed by atoms with van der Waals surface area (Å²) in [7, 11) is 2.00. The first-order valence-electron chi connectivity index (χ1n) is 30.5. The van der Waals surface area contributed by atoms with Crippen molar-refractivity contribution in [1.29, 1.82) is 0 Å². The maximum absolute atomic E-state index is 13.1. The molecule has 0 bridgehead atoms. The summed E-state index contributed by atoms with van der Waals surface area (Å²) in [6.45, 7) is 26.2. The Bertz CT molecular complexity index is 1780. The third kappa shape index (κ3) is 71.5. The molecule has 0 aromatic carbocycles. The van der Waals surface area contributed by atoms with E-state index >= 15 is 0 Å². The van der Waals surface area contributed by atoms with Gasteiger partial charge in [-0.3, -0.25) is 19.4 Å². The van der Waals surface area contributed by atoms with E-state index in [-0.39, 0.29) is 119 Å². The average Bonchev–Trinajstić information content (AvgIpc) is 1.11. The van der Waals surface area contributed by atoms with Crippen LogP contribution in [0.4, 0.5) is 0 Å². The van der Waals surface area contributed by atoms with Crippen LogP contribution < -0.4 is 34.9 Å². The van der Waals surface area contributed by atoms with Crippen molar-refractivity contribution in [3.63, 3.8) is 0 Å². The number of piperidine rings is 3. The van der Waals surface area contributed by atoms with E-state index in [1.807, 2.05) is 30.6 Å². The monoisotopic (exact) mass is 1490 g/mol. The molecule has 6 rings (SSSR count). The summed E-state index contributed by atoms with van der Waals surface area (Å²) in [6, 6.07) is 1.46. The number of ketones is 1. The summed E-state index contributed by atoms with van der Waals surface area (Å²) >= 11 is 0. The molecule has 0 amide bonds. The SMILES string of the molecule is CC(=O)O.CC(=O)O.CC(O)O.CC(O)O.CC(O)O.CC(O)O.CCCN=CC1CC(C)CC(CN(CC2CCCC[N-]2)CC2CCCC[N-]2)C1O.CCCNC=C1C=C(C)C=C(CN(CC2C=CC=C[N-]2)CC2CCCC[N-]2)C1=O.CO.CO.[Na+].[Ni+3].[Ni+3].[Ni].[Ni]. The van der Waals surface area contributed by atoms with Gasteiger partial charge in [0.25, 0.3) is 11.9 Å². The molecule has 0 aromatic heterocycles. The van der Waals surface area contributed by atoms with Gasteiger partial charge in [-0.2, -0.15) is 6.20 Å². The van der Waals surface area contributed by atoms with E-state index in [2.05, 4.69) is 71.5 Å². The number of carbonyl (C=O) groups is 3. The minimum Gasteiger partial charge on any atom is -0.684 e. The van der Waals surface area contributed by atoms with Crippen molar-refractivity contribution in [3.8, 4) is 0 Å². The number of carboxylic acids is 2. The Kier molecular flexibility index (Phi) is 87.3. The number of hydrogen-bond acceptors (Lipinski definition) is 18. The molecule has 0 spiro atoms. The second kappa shape index (κ2) is 73.2. The van der Waals surface area contributed by atoms with Crippen LogP contribution in [0.25, 0.3) is 21.3 Å². The predicted molar refractivity (Wildman–Crippen MR) is 343 cm³/mol. The van der Waals surface area contributed by atoms with Crippen molar-refractivity contribution < 1.29 is 176 Å². The predicted octanol–water partition coefficient (Wildman–Crippen LogP) is 2.68. The number of hydrogen-bond donors (Lipinski definition) is 14. The molecule has 1 saturated carbocycles. The summed E-state index contributed by atoms with van der Waals surface area (Å²) in [5.74, 6) is -0.331. The number of rotatable bonds is 18. The van der Waals surface area contributed by atoms with Gasteiger partial charge in [0.2, 0.25) is 0 Å². The van der Waals surface area contributed by atoms with Crippen LogP contribution in [0.15, 0.2) is 64.5 Å². The number of carbonyl (C=O) groups excluding carboxylic acids is 1. The van der Waals surface area contributed by atoms with Gasteiger partial charge in [0.15, 0.2) is 5.78 Å². The Balaban J connectivity index is -0.000000144. The van der Waals surface area contributed by atoms with E-state index < -0.39 is 37.1 Å². The maximum atomic E-state index is 13.1. The van der Waals surface area contributed by atoms with Crippen LogP contribution >= 0.6 is 0 Å². The number of nitrogens with zero attached hydrogens (tertiary/aromatic N) is 7. The summed E-state index contributed by atoms with van der Waals surface area (Å²) in [4.78, 5) is 40.6. The quantitative estimate of drug-likeness (QED) is 0.0308. The minimum atomic E-state index is -1.17. The van der Waals surface area contributed by atoms with E-state index in [9.17, 15) is 9.90 Å². The Morgan fingerprint density at radius 2 is 1.09 bits per heavy atom. The fraction of sp³-hybridized carbons (Fsp3) is 0.774. The van der Waals surface area contributed by atoms with Crippen molar-refractivity contribution in [1.82, 2.24) is 15.1 Å². The third-order valence-electron chi connectivity index (χ3n) is 12.5. The summed E-state index contributed by atoms with van der Waals surface area (Å²) in [5.41, 5.74) is 2.73. The number of Topliss-reactive ketones (excluding diaryl/α,β-unsaturated/α-hetero) is 1. The maximum Gasteiger partial charge on any atom is 3.00 e. The first-order valence-corrected chi connectivity index (χ1v) is 30.5. The molecule has 8 unspecified atom stereocenters. The molecule has 24 nitrogen and oxygen atoms in total. The van der Waals surface area contributed by atoms with Gasteiger partial charge in [-0.05, 0) is 110 Å². The Morgan fingerprint density at radius 1 is 0.670 bits per heavy atom. The number of aliphatic imine (C=N–C) groups is 1. The van der Waals surface area contributed by atoms with E-state index in [0.717, 1.165) is 142 Å². The summed E-state index contributed by atoms with van der Waals surface area (Å²) in [6.07, 6.45) is 26.5. The van der Waals surface area contributed by atoms with E-state index in [1.54, 1.807) is 0 Å². The number of aliphatic hydroxyl groups excluding tert-OH is 7. The topological polar surface area (TPSA) is 401 Å². The normalized spacial score (nSPS) is 22.2. The molecule has 3 saturated heterocycles. The first kappa shape index (κ1) is 109. The minimum absolute atomic E-state index is 0. The zero-order chi connectivity index (χ0) is 66.4. The van der Waals surface area contributed by atoms with E-state index in [1.165, 1.54) is 79.1 Å². The molecule has 91 heavy (non-hydrogen) atoms. The van der Waals surface area contributed by atoms with Crippen LogP contribution in [-0.4, -0.2) is 242 Å². The first-order chi connectivity index (χ1) is 40.7. The van der Waals surface area contributed by atoms with Gasteiger partial charge in [-0.15, -0.1) is 37.8 Å². The van der Waals surface area contributed by atoms with Crippen LogP contribution in [-0.2, 0) is 80.3 Å². The molecule has 4 aliphatic heterocycles. The zero-order valence-corrected chi connectivity index (χ0v) is 62.4. The van der Waals surface area contributed by atoms with Crippen molar-refractivity contribution in [2.45, 2.75) is 208 Å². The molecule has 14 N–H and O–H groups in total. The molecule has 4 heterocycles. The second-order valence-electron chi connectivity index (χ2n) is 21.6. The van der Waals surface area contributed by atoms with Crippen LogP contribution in [0.2, 0.25) is 0 Å². The molecule has 8 atom stereocenters. The van der Waals surface area contributed by atoms with Gasteiger partial charge in [0, 0.05) is 117 Å². The number of nitrogens with one attached hydrogen (secondary N) is 1. The van der Waals surface area contributed by atoms with Crippen LogP contribution in [0.5, 0.6) is 0 Å². The Morgan fingerprint density at radius 3 is 1.45 bits per heavy atom. The smallest absolute Gasteiger partial charge is 0.684 e. The summed E-state index contributed by atoms with van der Waals surface area (Å²) < 4.78 is 0. The van der Waals surface area contributed by atoms with Crippen molar-refractivity contribution >= 4 is 23.9 Å². The van der Waals surface area contributed by atoms with Gasteiger partial charge in [0.05, 0.1) is 6.10 Å². The molecule has 4 fully saturated rings. The second-order valence-corrected chi connectivity index (χ2v) is 21.6. The van der Waals surface area contributed by atoms with Gasteiger partial charge in [-0.1, -0.05) is 109 Å². The zero-order valence-electron chi connectivity index (χ0n) is 56.5. The Hall–Kier alpha value is -1.09. The Labute approximate surface area is 608 Å². The van der Waals surface area contributed by atoms with Gasteiger partial charge in [-0.25, -0.2) is 0 Å². The number of allylic oxidation sites excluding steroid dienone is 6. The van der Waals surface area contributed by atoms with E-state index in [4.69, 9.17) is 86.8 Å². The standard InChI is InChI=1S/C24H44N4O.C24H34N4O.4C2H6O2.2C2H4O2.2CH4O.Na.4Ni/c2*1-3-10-25-15-20-13-19(2)14-21(24(20)29)16-28(17-22-8-4-6-11-26-22)18-23-9-5-7-12-27-23;6*1-2(3)4;2*1-2;;;;;/h15,19-24,29H,3-14,16-18H2,1-2H3;4,6,8,11,13-15,22-23H,3,5,7,9-10,12,16-18H2,1-2H3,(H,25,29);4*2-4H,1H3;2*1H3,(H,3,4);2*2H,1H3;;;;;/q2*-2;;;;;;;;;+1;;;2*+3. The van der Waals surface area contributed by atoms with Crippen molar-refractivity contribution in [3.05, 3.63) is 80.8 Å². The number of aliphatic carboxylic acids is 2. The number of aliphatic hydroxyl groups is 11. The summed E-state index contributed by atoms with van der Waals surface area (Å²) in [5, 5.41) is 123. The van der Waals surface area contributed by atoms with Crippen LogP contribution in [0.3, 0.4) is 0 Å². The average molecular weight is 1490 g/mol. The van der Waals surface area contributed by atoms with Crippen molar-refractivity contribution in [2.24, 2.45) is 22.7 Å². The third-order valence-corrected chi connectivity index (χ3v) is 12.5. The largest absolute Gasteiger partial charge is 3.00 e. The van der Waals surface area contributed by atoms with E-state index in [0.29, 0.717) is 36.5 Å². The molecular weight excluding hydrogens is 1370 g/mol. The van der Waals surface area contributed by atoms with Crippen molar-refractivity contribution in [2.75, 3.05) is 86.2 Å². The number of carboxylic acid groups (broad SMARTS) is 2. The fourth-order valence-corrected chi connectivity index (χ4v) is 9.54.